The van der Waals surface area contributed by atoms with Crippen LogP contribution < -0.4 is 10.2 Å². The van der Waals surface area contributed by atoms with Gasteiger partial charge >= 0.3 is 6.03 Å². The summed E-state index contributed by atoms with van der Waals surface area (Å²) in [6, 6.07) is 9.48. The van der Waals surface area contributed by atoms with E-state index in [-0.39, 0.29) is 22.0 Å². The van der Waals surface area contributed by atoms with E-state index in [1.54, 1.807) is 12.1 Å². The average molecular weight is 377 g/mol. The van der Waals surface area contributed by atoms with Crippen molar-refractivity contribution in [3.8, 4) is 5.75 Å². The molecule has 1 aliphatic heterocycles. The molecule has 1 fully saturated rings. The highest BCUT2D eigenvalue weighted by Crippen LogP contribution is 2.27. The van der Waals surface area contributed by atoms with Crippen molar-refractivity contribution < 1.29 is 19.5 Å². The fourth-order valence-electron chi connectivity index (χ4n) is 2.29. The number of phenolic OH excluding ortho intramolecular Hbond substituents is 1. The topological polar surface area (TPSA) is 86.7 Å². The molecule has 2 N–H and O–H groups in total. The third kappa shape index (κ3) is 3.35. The standard InChI is InChI=1S/C17H10Cl2N2O4/c18-10-2-1-3-11(8-10)21-16(24)12(15(23)20-17(21)25)6-9-4-5-14(22)13(19)7-9/h1-8,22H,(H,20,23,25). The molecule has 25 heavy (non-hydrogen) atoms. The Morgan fingerprint density at radius 2 is 1.80 bits per heavy atom. The Labute approximate surface area is 152 Å². The molecule has 8 heteroatoms. The van der Waals surface area contributed by atoms with E-state index in [1.165, 1.54) is 36.4 Å². The molecule has 3 rings (SSSR count). The Kier molecular flexibility index (Phi) is 4.48. The van der Waals surface area contributed by atoms with Crippen molar-refractivity contribution in [3.05, 3.63) is 63.6 Å². The first-order valence-electron chi connectivity index (χ1n) is 7.02. The molecular weight excluding hydrogens is 367 g/mol. The van der Waals surface area contributed by atoms with Crippen LogP contribution in [0.15, 0.2) is 48.0 Å². The molecule has 4 amide bonds. The lowest BCUT2D eigenvalue weighted by atomic mass is 10.1. The second-order valence-corrected chi connectivity index (χ2v) is 5.99. The van der Waals surface area contributed by atoms with Gasteiger partial charge in [-0.25, -0.2) is 9.69 Å². The van der Waals surface area contributed by atoms with E-state index in [0.29, 0.717) is 10.6 Å². The Balaban J connectivity index is 2.03. The summed E-state index contributed by atoms with van der Waals surface area (Å²) >= 11 is 11.7. The molecule has 2 aromatic rings. The Bertz CT molecular complexity index is 940. The van der Waals surface area contributed by atoms with Gasteiger partial charge in [-0.2, -0.15) is 0 Å². The first-order valence-corrected chi connectivity index (χ1v) is 7.78. The first-order chi connectivity index (χ1) is 11.9. The van der Waals surface area contributed by atoms with E-state index in [1.807, 2.05) is 0 Å². The van der Waals surface area contributed by atoms with Crippen molar-refractivity contribution in [2.75, 3.05) is 4.90 Å². The summed E-state index contributed by atoms with van der Waals surface area (Å²) in [6.45, 7) is 0. The maximum Gasteiger partial charge on any atom is 0.335 e. The summed E-state index contributed by atoms with van der Waals surface area (Å²) < 4.78 is 0. The van der Waals surface area contributed by atoms with Crippen molar-refractivity contribution in [2.24, 2.45) is 0 Å². The predicted octanol–water partition coefficient (Wildman–Crippen LogP) is 3.37. The molecule has 2 aromatic carbocycles. The summed E-state index contributed by atoms with van der Waals surface area (Å²) in [4.78, 5) is 37.6. The third-order valence-corrected chi connectivity index (χ3v) is 3.99. The predicted molar refractivity (Wildman–Crippen MR) is 93.6 cm³/mol. The number of nitrogens with zero attached hydrogens (tertiary/aromatic N) is 1. The van der Waals surface area contributed by atoms with Gasteiger partial charge in [0.1, 0.15) is 11.3 Å². The molecule has 1 heterocycles. The number of rotatable bonds is 2. The van der Waals surface area contributed by atoms with Crippen LogP contribution in [0.2, 0.25) is 10.0 Å². The number of phenols is 1. The SMILES string of the molecule is O=C1NC(=O)N(c2cccc(Cl)c2)C(=O)C1=Cc1ccc(O)c(Cl)c1. The summed E-state index contributed by atoms with van der Waals surface area (Å²) in [7, 11) is 0. The highest BCUT2D eigenvalue weighted by atomic mass is 35.5. The molecule has 0 spiro atoms. The van der Waals surface area contributed by atoms with E-state index >= 15 is 0 Å². The third-order valence-electron chi connectivity index (χ3n) is 3.45. The van der Waals surface area contributed by atoms with Gasteiger partial charge in [-0.1, -0.05) is 35.3 Å². The fourth-order valence-corrected chi connectivity index (χ4v) is 2.66. The van der Waals surface area contributed by atoms with Crippen LogP contribution in [-0.2, 0) is 9.59 Å². The monoisotopic (exact) mass is 376 g/mol. The normalized spacial score (nSPS) is 16.3. The molecule has 126 valence electrons. The quantitative estimate of drug-likeness (QED) is 0.621. The van der Waals surface area contributed by atoms with Crippen molar-refractivity contribution in [1.29, 1.82) is 0 Å². The fraction of sp³-hybridized carbons (Fsp3) is 0. The van der Waals surface area contributed by atoms with Gasteiger partial charge in [0.05, 0.1) is 10.7 Å². The molecule has 1 aliphatic rings. The van der Waals surface area contributed by atoms with Gasteiger partial charge in [-0.3, -0.25) is 14.9 Å². The van der Waals surface area contributed by atoms with Crippen LogP contribution in [0.4, 0.5) is 10.5 Å². The second-order valence-electron chi connectivity index (χ2n) is 5.15. The van der Waals surface area contributed by atoms with E-state index in [0.717, 1.165) is 4.90 Å². The Morgan fingerprint density at radius 3 is 2.48 bits per heavy atom. The minimum atomic E-state index is -0.863. The number of anilines is 1. The summed E-state index contributed by atoms with van der Waals surface area (Å²) in [5, 5.41) is 12.0. The lowest BCUT2D eigenvalue weighted by Gasteiger charge is -2.26. The maximum absolute atomic E-state index is 12.7. The zero-order chi connectivity index (χ0) is 18.1. The molecule has 0 aliphatic carbocycles. The van der Waals surface area contributed by atoms with Gasteiger partial charge in [0, 0.05) is 5.02 Å². The van der Waals surface area contributed by atoms with Gasteiger partial charge in [-0.05, 0) is 42.0 Å². The van der Waals surface area contributed by atoms with Crippen molar-refractivity contribution >= 4 is 52.8 Å². The van der Waals surface area contributed by atoms with E-state index in [2.05, 4.69) is 5.32 Å². The van der Waals surface area contributed by atoms with E-state index in [4.69, 9.17) is 23.2 Å². The lowest BCUT2D eigenvalue weighted by Crippen LogP contribution is -2.54. The van der Waals surface area contributed by atoms with Gasteiger partial charge in [0.2, 0.25) is 0 Å². The number of aromatic hydroxyl groups is 1. The van der Waals surface area contributed by atoms with Crippen LogP contribution in [0, 0.1) is 0 Å². The van der Waals surface area contributed by atoms with Crippen LogP contribution in [0.25, 0.3) is 6.08 Å². The highest BCUT2D eigenvalue weighted by Gasteiger charge is 2.36. The van der Waals surface area contributed by atoms with E-state index < -0.39 is 17.8 Å². The zero-order valence-corrected chi connectivity index (χ0v) is 14.0. The number of benzene rings is 2. The number of amides is 4. The number of hydrogen-bond acceptors (Lipinski definition) is 4. The lowest BCUT2D eigenvalue weighted by molar-refractivity contribution is -0.122. The molecule has 1 saturated heterocycles. The number of imide groups is 2. The van der Waals surface area contributed by atoms with Crippen LogP contribution in [0.3, 0.4) is 0 Å². The van der Waals surface area contributed by atoms with Gasteiger partial charge < -0.3 is 5.11 Å². The number of carbonyl (C=O) groups excluding carboxylic acids is 3. The van der Waals surface area contributed by atoms with Crippen molar-refractivity contribution in [2.45, 2.75) is 0 Å². The molecule has 0 unspecified atom stereocenters. The molecule has 6 nitrogen and oxygen atoms in total. The van der Waals surface area contributed by atoms with Crippen molar-refractivity contribution in [3.63, 3.8) is 0 Å². The molecule has 0 bridgehead atoms. The minimum absolute atomic E-state index is 0.0702. The van der Waals surface area contributed by atoms with Crippen LogP contribution in [0.1, 0.15) is 5.56 Å². The first kappa shape index (κ1) is 17.0. The van der Waals surface area contributed by atoms with Gasteiger partial charge in [-0.15, -0.1) is 0 Å². The summed E-state index contributed by atoms with van der Waals surface area (Å²) in [6.07, 6.45) is 1.28. The number of hydrogen-bond donors (Lipinski definition) is 2. The van der Waals surface area contributed by atoms with Crippen molar-refractivity contribution in [1.82, 2.24) is 5.32 Å². The van der Waals surface area contributed by atoms with Gasteiger partial charge in [0.25, 0.3) is 11.8 Å². The number of barbiturate groups is 1. The van der Waals surface area contributed by atoms with Gasteiger partial charge in [0.15, 0.2) is 0 Å². The van der Waals surface area contributed by atoms with Crippen LogP contribution in [0.5, 0.6) is 5.75 Å². The van der Waals surface area contributed by atoms with E-state index in [9.17, 15) is 19.5 Å². The molecular formula is C17H10Cl2N2O4. The number of nitrogens with one attached hydrogen (secondary N) is 1. The minimum Gasteiger partial charge on any atom is -0.506 e. The second kappa shape index (κ2) is 6.58. The largest absolute Gasteiger partial charge is 0.506 e. The average Bonchev–Trinajstić information content (AvgIpc) is 2.54. The Hall–Kier alpha value is -2.83. The molecule has 0 atom stereocenters. The molecule has 0 aromatic heterocycles. The zero-order valence-electron chi connectivity index (χ0n) is 12.5. The highest BCUT2D eigenvalue weighted by molar-refractivity contribution is 6.39. The molecule has 0 radical (unpaired) electrons. The summed E-state index contributed by atoms with van der Waals surface area (Å²) in [5.74, 6) is -1.74. The molecule has 0 saturated carbocycles. The van der Waals surface area contributed by atoms with Crippen LogP contribution in [-0.4, -0.2) is 23.0 Å². The number of urea groups is 1. The Morgan fingerprint density at radius 1 is 1.04 bits per heavy atom. The number of halogens is 2. The van der Waals surface area contributed by atoms with Crippen LogP contribution >= 0.6 is 23.2 Å². The number of carbonyl (C=O) groups is 3. The smallest absolute Gasteiger partial charge is 0.335 e. The summed E-state index contributed by atoms with van der Waals surface area (Å²) in [5.41, 5.74) is 0.403. The maximum atomic E-state index is 12.7.